The van der Waals surface area contributed by atoms with Gasteiger partial charge in [-0.25, -0.2) is 9.18 Å². The van der Waals surface area contributed by atoms with E-state index in [4.69, 9.17) is 0 Å². The SMILES string of the molecule is O=C1NCCN1CCN1CCC(c2cn(-c3ccc(F)cc3)c3ccc(C(F)(F)F)cc23)CC1. The number of rotatable bonds is 5. The normalized spacial score (nSPS) is 18.1. The van der Waals surface area contributed by atoms with Crippen molar-refractivity contribution >= 4 is 16.9 Å². The van der Waals surface area contributed by atoms with E-state index in [-0.39, 0.29) is 17.8 Å². The molecule has 5 rings (SSSR count). The Bertz CT molecular complexity index is 1180. The summed E-state index contributed by atoms with van der Waals surface area (Å²) in [5.41, 5.74) is 1.61. The van der Waals surface area contributed by atoms with E-state index >= 15 is 0 Å². The number of amides is 2. The summed E-state index contributed by atoms with van der Waals surface area (Å²) >= 11 is 0. The Kier molecular flexibility index (Phi) is 5.97. The van der Waals surface area contributed by atoms with Gasteiger partial charge < -0.3 is 19.7 Å². The molecule has 0 unspecified atom stereocenters. The number of hydrogen-bond acceptors (Lipinski definition) is 2. The van der Waals surface area contributed by atoms with Crippen LogP contribution < -0.4 is 5.32 Å². The summed E-state index contributed by atoms with van der Waals surface area (Å²) in [5.74, 6) is -0.238. The topological polar surface area (TPSA) is 40.5 Å². The zero-order valence-corrected chi connectivity index (χ0v) is 18.6. The molecule has 34 heavy (non-hydrogen) atoms. The molecule has 2 aliphatic heterocycles. The largest absolute Gasteiger partial charge is 0.416 e. The fourth-order valence-electron chi connectivity index (χ4n) is 5.03. The van der Waals surface area contributed by atoms with Crippen molar-refractivity contribution in [3.63, 3.8) is 0 Å². The number of benzene rings is 2. The minimum Gasteiger partial charge on any atom is -0.336 e. The van der Waals surface area contributed by atoms with Crippen molar-refractivity contribution in [2.45, 2.75) is 24.9 Å². The number of hydrogen-bond donors (Lipinski definition) is 1. The first-order valence-corrected chi connectivity index (χ1v) is 11.5. The molecule has 2 fully saturated rings. The molecule has 1 aromatic heterocycles. The Hall–Kier alpha value is -3.07. The number of piperidine rings is 1. The Morgan fingerprint density at radius 3 is 2.35 bits per heavy atom. The highest BCUT2D eigenvalue weighted by atomic mass is 19.4. The van der Waals surface area contributed by atoms with Gasteiger partial charge in [0.15, 0.2) is 0 Å². The van der Waals surface area contributed by atoms with Gasteiger partial charge in [-0.15, -0.1) is 0 Å². The Morgan fingerprint density at radius 1 is 0.971 bits per heavy atom. The predicted molar refractivity (Wildman–Crippen MR) is 122 cm³/mol. The van der Waals surface area contributed by atoms with Gasteiger partial charge in [0, 0.05) is 43.4 Å². The summed E-state index contributed by atoms with van der Waals surface area (Å²) in [6.45, 7) is 4.51. The lowest BCUT2D eigenvalue weighted by Crippen LogP contribution is -2.40. The van der Waals surface area contributed by atoms with E-state index in [0.29, 0.717) is 29.7 Å². The summed E-state index contributed by atoms with van der Waals surface area (Å²) < 4.78 is 55.7. The standard InChI is InChI=1S/C25H26F4N4O/c26-19-2-4-20(5-3-19)33-16-22(21-15-18(25(27,28)29)1-6-23(21)33)17-7-10-31(11-8-17)13-14-32-12-9-30-24(32)34/h1-6,15-17H,7-14H2,(H,30,34). The summed E-state index contributed by atoms with van der Waals surface area (Å²) in [6.07, 6.45) is -0.864. The zero-order chi connectivity index (χ0) is 23.9. The Morgan fingerprint density at radius 2 is 1.71 bits per heavy atom. The third kappa shape index (κ3) is 4.49. The van der Waals surface area contributed by atoms with Crippen LogP contribution in [0.4, 0.5) is 22.4 Å². The molecule has 9 heteroatoms. The second-order valence-electron chi connectivity index (χ2n) is 9.00. The maximum Gasteiger partial charge on any atom is 0.416 e. The first kappa shape index (κ1) is 22.7. The van der Waals surface area contributed by atoms with E-state index in [1.165, 1.54) is 24.3 Å². The van der Waals surface area contributed by atoms with Gasteiger partial charge in [-0.3, -0.25) is 0 Å². The van der Waals surface area contributed by atoms with Crippen molar-refractivity contribution in [1.82, 2.24) is 19.7 Å². The second-order valence-corrected chi connectivity index (χ2v) is 9.00. The molecule has 2 amide bonds. The van der Waals surface area contributed by atoms with Crippen LogP contribution in [0.3, 0.4) is 0 Å². The number of aromatic nitrogens is 1. The fourth-order valence-corrected chi connectivity index (χ4v) is 5.03. The van der Waals surface area contributed by atoms with Crippen molar-refractivity contribution in [1.29, 1.82) is 0 Å². The number of nitrogens with zero attached hydrogens (tertiary/aromatic N) is 3. The monoisotopic (exact) mass is 474 g/mol. The van der Waals surface area contributed by atoms with Crippen LogP contribution in [0.1, 0.15) is 29.9 Å². The molecule has 3 heterocycles. The molecule has 2 saturated heterocycles. The molecule has 5 nitrogen and oxygen atoms in total. The number of nitrogens with one attached hydrogen (secondary N) is 1. The quantitative estimate of drug-likeness (QED) is 0.529. The smallest absolute Gasteiger partial charge is 0.336 e. The molecule has 3 aromatic rings. The summed E-state index contributed by atoms with van der Waals surface area (Å²) in [6, 6.07) is 9.78. The number of urea groups is 1. The van der Waals surface area contributed by atoms with Gasteiger partial charge >= 0.3 is 12.2 Å². The van der Waals surface area contributed by atoms with Crippen LogP contribution in [0, 0.1) is 5.82 Å². The minimum absolute atomic E-state index is 0.0241. The van der Waals surface area contributed by atoms with Gasteiger partial charge in [-0.1, -0.05) is 0 Å². The van der Waals surface area contributed by atoms with E-state index in [1.807, 2.05) is 10.8 Å². The molecule has 180 valence electrons. The van der Waals surface area contributed by atoms with Crippen LogP contribution in [0.5, 0.6) is 0 Å². The lowest BCUT2D eigenvalue weighted by Gasteiger charge is -2.32. The van der Waals surface area contributed by atoms with Crippen molar-refractivity contribution in [3.8, 4) is 5.69 Å². The molecule has 0 atom stereocenters. The number of fused-ring (bicyclic) bond motifs is 1. The van der Waals surface area contributed by atoms with Crippen LogP contribution in [0.15, 0.2) is 48.7 Å². The van der Waals surface area contributed by atoms with E-state index < -0.39 is 11.7 Å². The lowest BCUT2D eigenvalue weighted by molar-refractivity contribution is -0.137. The van der Waals surface area contributed by atoms with Crippen LogP contribution in [-0.2, 0) is 6.18 Å². The van der Waals surface area contributed by atoms with Crippen molar-refractivity contribution < 1.29 is 22.4 Å². The van der Waals surface area contributed by atoms with Gasteiger partial charge in [0.2, 0.25) is 0 Å². The van der Waals surface area contributed by atoms with Crippen LogP contribution in [0.2, 0.25) is 0 Å². The summed E-state index contributed by atoms with van der Waals surface area (Å²) in [7, 11) is 0. The van der Waals surface area contributed by atoms with Crippen LogP contribution in [-0.4, -0.2) is 59.7 Å². The summed E-state index contributed by atoms with van der Waals surface area (Å²) in [5, 5.41) is 3.39. The molecule has 0 spiro atoms. The minimum atomic E-state index is -4.42. The van der Waals surface area contributed by atoms with Crippen molar-refractivity contribution in [2.24, 2.45) is 0 Å². The first-order chi connectivity index (χ1) is 16.3. The van der Waals surface area contributed by atoms with Gasteiger partial charge in [0.1, 0.15) is 5.82 Å². The van der Waals surface area contributed by atoms with E-state index in [9.17, 15) is 22.4 Å². The van der Waals surface area contributed by atoms with Crippen LogP contribution >= 0.6 is 0 Å². The van der Waals surface area contributed by atoms with E-state index in [0.717, 1.165) is 50.7 Å². The molecule has 2 aliphatic rings. The number of likely N-dealkylation sites (tertiary alicyclic amines) is 1. The molecule has 0 saturated carbocycles. The van der Waals surface area contributed by atoms with Crippen LogP contribution in [0.25, 0.3) is 16.6 Å². The second kappa shape index (κ2) is 8.94. The van der Waals surface area contributed by atoms with Crippen molar-refractivity contribution in [2.75, 3.05) is 39.3 Å². The average molecular weight is 475 g/mol. The molecule has 0 radical (unpaired) electrons. The first-order valence-electron chi connectivity index (χ1n) is 11.5. The summed E-state index contributed by atoms with van der Waals surface area (Å²) in [4.78, 5) is 15.9. The fraction of sp³-hybridized carbons (Fsp3) is 0.400. The third-order valence-corrected chi connectivity index (χ3v) is 6.93. The molecular weight excluding hydrogens is 448 g/mol. The van der Waals surface area contributed by atoms with Gasteiger partial charge in [-0.05, 0) is 79.9 Å². The maximum absolute atomic E-state index is 13.5. The molecule has 2 aromatic carbocycles. The highest BCUT2D eigenvalue weighted by Crippen LogP contribution is 2.39. The van der Waals surface area contributed by atoms with E-state index in [2.05, 4.69) is 10.2 Å². The molecule has 1 N–H and O–H groups in total. The number of carbonyl (C=O) groups is 1. The number of alkyl halides is 3. The average Bonchev–Trinajstić information content (AvgIpc) is 3.41. The Labute approximate surface area is 194 Å². The number of carbonyl (C=O) groups excluding carboxylic acids is 1. The number of halogens is 4. The zero-order valence-electron chi connectivity index (χ0n) is 18.6. The lowest BCUT2D eigenvalue weighted by atomic mass is 9.89. The molecule has 0 bridgehead atoms. The Balaban J connectivity index is 1.39. The van der Waals surface area contributed by atoms with Gasteiger partial charge in [-0.2, -0.15) is 13.2 Å². The molecular formula is C25H26F4N4O. The maximum atomic E-state index is 13.5. The van der Waals surface area contributed by atoms with E-state index in [1.54, 1.807) is 17.0 Å². The third-order valence-electron chi connectivity index (χ3n) is 6.93. The predicted octanol–water partition coefficient (Wildman–Crippen LogP) is 4.99. The van der Waals surface area contributed by atoms with Gasteiger partial charge in [0.25, 0.3) is 0 Å². The highest BCUT2D eigenvalue weighted by molar-refractivity contribution is 5.87. The molecule has 0 aliphatic carbocycles. The highest BCUT2D eigenvalue weighted by Gasteiger charge is 2.32. The van der Waals surface area contributed by atoms with Gasteiger partial charge in [0.05, 0.1) is 11.1 Å². The van der Waals surface area contributed by atoms with Crippen molar-refractivity contribution in [3.05, 3.63) is 65.6 Å².